The molecule has 13 heteroatoms. The maximum absolute atomic E-state index is 13.3. The molecule has 0 aliphatic carbocycles. The molecule has 0 radical (unpaired) electrons. The first kappa shape index (κ1) is 29.2. The van der Waals surface area contributed by atoms with Crippen molar-refractivity contribution in [3.63, 3.8) is 0 Å². The van der Waals surface area contributed by atoms with Gasteiger partial charge in [-0.1, -0.05) is 6.07 Å². The number of aromatic nitrogens is 4. The molecule has 2 aromatic carbocycles. The van der Waals surface area contributed by atoms with Crippen LogP contribution >= 0.6 is 0 Å². The summed E-state index contributed by atoms with van der Waals surface area (Å²) in [7, 11) is 4.73. The Kier molecular flexibility index (Phi) is 9.20. The molecule has 1 aliphatic rings. The van der Waals surface area contributed by atoms with E-state index in [1.165, 1.54) is 0 Å². The Morgan fingerprint density at radius 1 is 0.953 bits per heavy atom. The molecular weight excluding hydrogens is 552 g/mol. The van der Waals surface area contributed by atoms with Crippen molar-refractivity contribution < 1.29 is 23.8 Å². The lowest BCUT2D eigenvalue weighted by Crippen LogP contribution is -2.57. The molecule has 3 amide bonds. The fraction of sp³-hybridized carbons (Fsp3) is 0.300. The fourth-order valence-electron chi connectivity index (χ4n) is 4.87. The van der Waals surface area contributed by atoms with Crippen LogP contribution in [-0.2, 0) is 11.3 Å². The van der Waals surface area contributed by atoms with Crippen molar-refractivity contribution in [3.05, 3.63) is 79.0 Å². The molecule has 1 aliphatic heterocycles. The lowest BCUT2D eigenvalue weighted by atomic mass is 10.1. The van der Waals surface area contributed by atoms with Crippen molar-refractivity contribution >= 4 is 23.4 Å². The van der Waals surface area contributed by atoms with Gasteiger partial charge in [0.25, 0.3) is 0 Å². The van der Waals surface area contributed by atoms with Crippen LogP contribution in [0.2, 0.25) is 0 Å². The summed E-state index contributed by atoms with van der Waals surface area (Å²) in [5.74, 6) is 2.86. The first-order chi connectivity index (χ1) is 21.0. The van der Waals surface area contributed by atoms with Gasteiger partial charge in [-0.25, -0.2) is 14.8 Å². The molecule has 1 fully saturated rings. The summed E-state index contributed by atoms with van der Waals surface area (Å²) in [5, 5.41) is 5.94. The average Bonchev–Trinajstić information content (AvgIpc) is 3.59. The molecule has 2 N–H and O–H groups in total. The smallest absolute Gasteiger partial charge is 0.321 e. The van der Waals surface area contributed by atoms with Crippen LogP contribution in [0.3, 0.4) is 0 Å². The van der Waals surface area contributed by atoms with Crippen LogP contribution < -0.4 is 29.7 Å². The zero-order chi connectivity index (χ0) is 30.2. The van der Waals surface area contributed by atoms with Crippen molar-refractivity contribution in [1.29, 1.82) is 0 Å². The van der Waals surface area contributed by atoms with Gasteiger partial charge in [-0.05, 0) is 48.0 Å². The number of carbonyl (C=O) groups excluding carboxylic acids is 2. The Hall–Kier alpha value is -5.33. The molecule has 2 aromatic heterocycles. The number of methoxy groups -OCH3 is 3. The Balaban J connectivity index is 1.31. The molecule has 0 saturated carbocycles. The van der Waals surface area contributed by atoms with Gasteiger partial charge in [0.1, 0.15) is 17.9 Å². The van der Waals surface area contributed by atoms with Gasteiger partial charge in [-0.3, -0.25) is 9.36 Å². The molecule has 13 nitrogen and oxygen atoms in total. The van der Waals surface area contributed by atoms with Gasteiger partial charge < -0.3 is 34.6 Å². The number of hydrogen-bond donors (Lipinski definition) is 2. The second-order valence-corrected chi connectivity index (χ2v) is 9.81. The van der Waals surface area contributed by atoms with E-state index in [0.29, 0.717) is 60.9 Å². The van der Waals surface area contributed by atoms with Crippen LogP contribution in [0.4, 0.5) is 16.3 Å². The minimum Gasteiger partial charge on any atom is -0.497 e. The molecule has 1 unspecified atom stereocenters. The first-order valence-electron chi connectivity index (χ1n) is 13.7. The Bertz CT molecular complexity index is 1530. The van der Waals surface area contributed by atoms with Gasteiger partial charge in [0.05, 0.1) is 27.4 Å². The summed E-state index contributed by atoms with van der Waals surface area (Å²) >= 11 is 0. The average molecular weight is 587 g/mol. The fourth-order valence-corrected chi connectivity index (χ4v) is 4.87. The second kappa shape index (κ2) is 13.6. The third kappa shape index (κ3) is 7.12. The van der Waals surface area contributed by atoms with Crippen LogP contribution in [-0.4, -0.2) is 83.4 Å². The lowest BCUT2D eigenvalue weighted by Gasteiger charge is -2.41. The molecule has 1 saturated heterocycles. The van der Waals surface area contributed by atoms with Crippen LogP contribution in [0.1, 0.15) is 12.0 Å². The predicted octanol–water partition coefficient (Wildman–Crippen LogP) is 3.12. The number of urea groups is 1. The van der Waals surface area contributed by atoms with Crippen LogP contribution in [0.5, 0.6) is 17.2 Å². The number of carbonyl (C=O) groups is 2. The number of nitrogens with one attached hydrogen (secondary N) is 2. The van der Waals surface area contributed by atoms with Gasteiger partial charge in [0, 0.05) is 56.9 Å². The third-order valence-electron chi connectivity index (χ3n) is 7.13. The number of imidazole rings is 1. The number of rotatable bonds is 10. The van der Waals surface area contributed by atoms with Gasteiger partial charge in [0.2, 0.25) is 11.9 Å². The van der Waals surface area contributed by atoms with E-state index >= 15 is 0 Å². The number of anilines is 2. The largest absolute Gasteiger partial charge is 0.497 e. The summed E-state index contributed by atoms with van der Waals surface area (Å²) in [6.45, 7) is 1.54. The Morgan fingerprint density at radius 3 is 2.49 bits per heavy atom. The second-order valence-electron chi connectivity index (χ2n) is 9.81. The summed E-state index contributed by atoms with van der Waals surface area (Å²) in [6.07, 6.45) is 6.86. The van der Waals surface area contributed by atoms with E-state index in [1.807, 2.05) is 18.2 Å². The van der Waals surface area contributed by atoms with E-state index in [2.05, 4.69) is 25.5 Å². The lowest BCUT2D eigenvalue weighted by molar-refractivity contribution is -0.121. The monoisotopic (exact) mass is 586 g/mol. The molecule has 3 heterocycles. The van der Waals surface area contributed by atoms with Crippen LogP contribution in [0.15, 0.2) is 73.4 Å². The molecule has 224 valence electrons. The minimum absolute atomic E-state index is 0.143. The third-order valence-corrected chi connectivity index (χ3v) is 7.13. The zero-order valence-electron chi connectivity index (χ0n) is 24.3. The molecule has 1 atom stereocenters. The van der Waals surface area contributed by atoms with Crippen molar-refractivity contribution in [1.82, 2.24) is 29.7 Å². The molecule has 0 spiro atoms. The van der Waals surface area contributed by atoms with E-state index in [0.717, 1.165) is 5.56 Å². The predicted molar refractivity (Wildman–Crippen MR) is 160 cm³/mol. The minimum atomic E-state index is -0.341. The summed E-state index contributed by atoms with van der Waals surface area (Å²) in [5.41, 5.74) is 1.52. The highest BCUT2D eigenvalue weighted by atomic mass is 16.5. The SMILES string of the molecule is COc1ccc(NC(=O)N2CCN(c3ccnc(-n4ccnc4)n3)C(CC(=O)NCc3ccc(OC)c(OC)c3)C2)cc1. The van der Waals surface area contributed by atoms with E-state index in [4.69, 9.17) is 19.2 Å². The Morgan fingerprint density at radius 2 is 1.77 bits per heavy atom. The standard InChI is InChI=1S/C30H34N8O5/c1-41-24-7-5-22(6-8-24)34-30(40)36-14-15-38(27-10-11-32-29(35-27)37-13-12-31-20-37)23(19-36)17-28(39)33-18-21-4-9-25(42-2)26(16-21)43-3/h4-13,16,20,23H,14-15,17-19H2,1-3H3,(H,33,39)(H,34,40). The van der Waals surface area contributed by atoms with E-state index in [-0.39, 0.29) is 24.4 Å². The van der Waals surface area contributed by atoms with Crippen LogP contribution in [0.25, 0.3) is 5.95 Å². The maximum atomic E-state index is 13.3. The van der Waals surface area contributed by atoms with Crippen molar-refractivity contribution in [3.8, 4) is 23.2 Å². The molecule has 0 bridgehead atoms. The molecular formula is C30H34N8O5. The molecule has 5 rings (SSSR count). The van der Waals surface area contributed by atoms with Crippen molar-refractivity contribution in [2.45, 2.75) is 19.0 Å². The van der Waals surface area contributed by atoms with Crippen molar-refractivity contribution in [2.75, 3.05) is 51.2 Å². The van der Waals surface area contributed by atoms with Gasteiger partial charge >= 0.3 is 6.03 Å². The van der Waals surface area contributed by atoms with E-state index < -0.39 is 0 Å². The number of amides is 3. The van der Waals surface area contributed by atoms with Gasteiger partial charge in [-0.15, -0.1) is 0 Å². The van der Waals surface area contributed by atoms with E-state index in [9.17, 15) is 9.59 Å². The van der Waals surface area contributed by atoms with E-state index in [1.54, 1.807) is 86.0 Å². The normalized spacial score (nSPS) is 14.6. The van der Waals surface area contributed by atoms with Gasteiger partial charge in [-0.2, -0.15) is 4.98 Å². The molecule has 4 aromatic rings. The maximum Gasteiger partial charge on any atom is 0.321 e. The van der Waals surface area contributed by atoms with Gasteiger partial charge in [0.15, 0.2) is 11.5 Å². The van der Waals surface area contributed by atoms with Crippen molar-refractivity contribution in [2.24, 2.45) is 0 Å². The summed E-state index contributed by atoms with van der Waals surface area (Å²) < 4.78 is 17.6. The topological polar surface area (TPSA) is 136 Å². The summed E-state index contributed by atoms with van der Waals surface area (Å²) in [4.78, 5) is 43.4. The highest BCUT2D eigenvalue weighted by molar-refractivity contribution is 5.89. The number of benzene rings is 2. The molecule has 43 heavy (non-hydrogen) atoms. The van der Waals surface area contributed by atoms with Crippen LogP contribution in [0, 0.1) is 0 Å². The zero-order valence-corrected chi connectivity index (χ0v) is 24.3. The highest BCUT2D eigenvalue weighted by Gasteiger charge is 2.32. The first-order valence-corrected chi connectivity index (χ1v) is 13.7. The Labute approximate surface area is 249 Å². The quantitative estimate of drug-likeness (QED) is 0.287. The highest BCUT2D eigenvalue weighted by Crippen LogP contribution is 2.28. The number of piperazine rings is 1. The number of nitrogens with zero attached hydrogens (tertiary/aromatic N) is 6. The summed E-state index contributed by atoms with van der Waals surface area (Å²) in [6, 6.07) is 13.9. The number of hydrogen-bond acceptors (Lipinski definition) is 9. The number of ether oxygens (including phenoxy) is 3.